The highest BCUT2D eigenvalue weighted by molar-refractivity contribution is 5.63. The molecular weight excluding hydrogens is 402 g/mol. The maximum atomic E-state index is 11.7. The lowest BCUT2D eigenvalue weighted by molar-refractivity contribution is -0.991. The number of nitrogens with two attached hydrogens (primary N) is 1. The first-order valence-corrected chi connectivity index (χ1v) is 9.24. The summed E-state index contributed by atoms with van der Waals surface area (Å²) in [6.07, 6.45) is 0. The van der Waals surface area contributed by atoms with E-state index in [9.17, 15) is 20.8 Å². The van der Waals surface area contributed by atoms with Crippen molar-refractivity contribution in [3.8, 4) is 29.1 Å². The van der Waals surface area contributed by atoms with E-state index in [1.54, 1.807) is 11.6 Å². The summed E-state index contributed by atoms with van der Waals surface area (Å²) in [5, 5.41) is 44.4. The number of aromatic nitrogens is 2. The quantitative estimate of drug-likeness (QED) is 0.365. The molecule has 1 aliphatic heterocycles. The fraction of sp³-hybridized carbons (Fsp3) is 0.143. The van der Waals surface area contributed by atoms with Crippen molar-refractivity contribution in [1.29, 1.82) is 5.26 Å². The molecule has 0 bridgehead atoms. The standard InChI is InChI=1S/C21H19N5O5/c1-11-17-18(12-8-15(26(28)29)19(27)16(9-12)30-2)14(10-22)20(23)31-21(17)25(24-11)13-6-4-3-5-7-13/h3-9,18,26-28H,23H2,1-2H3. The number of nitrogens with one attached hydrogen (secondary N) is 1. The SMILES string of the molecule is COc1cc(C2C(C#N)=C(N)Oc3c2c(C)nn3-c2ccccc2)cc([NH+]([O-])O)c1O. The van der Waals surface area contributed by atoms with Crippen LogP contribution in [0.2, 0.25) is 0 Å². The van der Waals surface area contributed by atoms with Crippen LogP contribution in [0.15, 0.2) is 53.9 Å². The number of allylic oxidation sites excluding steroid dienone is 1. The number of nitrogens with zero attached hydrogens (tertiary/aromatic N) is 3. The Morgan fingerprint density at radius 2 is 2.03 bits per heavy atom. The van der Waals surface area contributed by atoms with Gasteiger partial charge in [0, 0.05) is 6.07 Å². The van der Waals surface area contributed by atoms with E-state index in [2.05, 4.69) is 11.2 Å². The molecule has 0 amide bonds. The highest BCUT2D eigenvalue weighted by Crippen LogP contribution is 2.47. The zero-order valence-corrected chi connectivity index (χ0v) is 16.7. The second-order valence-corrected chi connectivity index (χ2v) is 6.90. The van der Waals surface area contributed by atoms with E-state index in [0.29, 0.717) is 22.7 Å². The van der Waals surface area contributed by atoms with Gasteiger partial charge in [0.15, 0.2) is 5.75 Å². The van der Waals surface area contributed by atoms with Crippen LogP contribution in [0.5, 0.6) is 17.4 Å². The second kappa shape index (κ2) is 7.66. The molecule has 10 heteroatoms. The molecule has 158 valence electrons. The van der Waals surface area contributed by atoms with E-state index >= 15 is 0 Å². The minimum Gasteiger partial charge on any atom is -0.595 e. The van der Waals surface area contributed by atoms with Crippen molar-refractivity contribution in [2.75, 3.05) is 7.11 Å². The minimum atomic E-state index is -1.34. The molecular formula is C21H19N5O5. The molecule has 0 radical (unpaired) electrons. The third-order valence-electron chi connectivity index (χ3n) is 5.11. The molecule has 1 aliphatic rings. The molecule has 2 heterocycles. The molecule has 2 unspecified atom stereocenters. The number of quaternary nitrogens is 1. The van der Waals surface area contributed by atoms with Crippen molar-refractivity contribution >= 4 is 5.69 Å². The summed E-state index contributed by atoms with van der Waals surface area (Å²) < 4.78 is 12.5. The number of benzene rings is 2. The van der Waals surface area contributed by atoms with Gasteiger partial charge in [0.05, 0.1) is 30.0 Å². The molecule has 31 heavy (non-hydrogen) atoms. The number of rotatable bonds is 4. The molecule has 0 fully saturated rings. The highest BCUT2D eigenvalue weighted by atomic mass is 16.8. The highest BCUT2D eigenvalue weighted by Gasteiger charge is 2.37. The van der Waals surface area contributed by atoms with Crippen LogP contribution in [0.1, 0.15) is 22.7 Å². The number of methoxy groups -OCH3 is 1. The number of hydrogen-bond donors (Lipinski definition) is 4. The predicted octanol–water partition coefficient (Wildman–Crippen LogP) is 1.52. The van der Waals surface area contributed by atoms with Gasteiger partial charge < -0.3 is 25.5 Å². The van der Waals surface area contributed by atoms with E-state index in [0.717, 1.165) is 5.69 Å². The zero-order valence-electron chi connectivity index (χ0n) is 16.7. The number of aryl methyl sites for hydroxylation is 1. The number of phenolic OH excluding ortho intramolecular Hbond substituents is 1. The molecule has 2 aromatic carbocycles. The van der Waals surface area contributed by atoms with Crippen molar-refractivity contribution < 1.29 is 25.0 Å². The first kappa shape index (κ1) is 20.2. The van der Waals surface area contributed by atoms with Gasteiger partial charge in [-0.3, -0.25) is 0 Å². The summed E-state index contributed by atoms with van der Waals surface area (Å²) in [6, 6.07) is 14.1. The average molecular weight is 421 g/mol. The summed E-state index contributed by atoms with van der Waals surface area (Å²) in [7, 11) is 1.31. The Kier molecular flexibility index (Phi) is 5.00. The van der Waals surface area contributed by atoms with Gasteiger partial charge in [0.1, 0.15) is 11.6 Å². The molecule has 0 saturated heterocycles. The number of aromatic hydroxyl groups is 1. The summed E-state index contributed by atoms with van der Waals surface area (Å²) in [5.41, 5.74) is 8.10. The van der Waals surface area contributed by atoms with E-state index in [4.69, 9.17) is 15.2 Å². The Labute approximate surface area is 177 Å². The van der Waals surface area contributed by atoms with E-state index in [-0.39, 0.29) is 22.9 Å². The first-order chi connectivity index (χ1) is 14.9. The van der Waals surface area contributed by atoms with Crippen LogP contribution >= 0.6 is 0 Å². The Bertz CT molecular complexity index is 1230. The summed E-state index contributed by atoms with van der Waals surface area (Å²) in [5.74, 6) is -1.08. The van der Waals surface area contributed by atoms with Gasteiger partial charge in [0.2, 0.25) is 23.2 Å². The van der Waals surface area contributed by atoms with E-state index in [1.165, 1.54) is 19.2 Å². The molecule has 0 saturated carbocycles. The van der Waals surface area contributed by atoms with Crippen LogP contribution in [0, 0.1) is 23.5 Å². The molecule has 10 nitrogen and oxygen atoms in total. The van der Waals surface area contributed by atoms with Crippen LogP contribution < -0.4 is 20.4 Å². The van der Waals surface area contributed by atoms with E-state index < -0.39 is 16.9 Å². The van der Waals surface area contributed by atoms with Crippen molar-refractivity contribution in [3.05, 3.63) is 75.9 Å². The van der Waals surface area contributed by atoms with Crippen molar-refractivity contribution in [2.24, 2.45) is 5.73 Å². The molecule has 0 aliphatic carbocycles. The molecule has 0 spiro atoms. The van der Waals surface area contributed by atoms with Crippen molar-refractivity contribution in [2.45, 2.75) is 12.8 Å². The van der Waals surface area contributed by atoms with Crippen molar-refractivity contribution in [1.82, 2.24) is 9.78 Å². The average Bonchev–Trinajstić information content (AvgIpc) is 3.09. The molecule has 4 rings (SSSR count). The first-order valence-electron chi connectivity index (χ1n) is 9.24. The summed E-state index contributed by atoms with van der Waals surface area (Å²) in [4.78, 5) is 0. The lowest BCUT2D eigenvalue weighted by Gasteiger charge is -2.26. The van der Waals surface area contributed by atoms with Gasteiger partial charge in [-0.1, -0.05) is 18.2 Å². The Balaban J connectivity index is 1.99. The maximum absolute atomic E-state index is 11.7. The van der Waals surface area contributed by atoms with Gasteiger partial charge >= 0.3 is 0 Å². The largest absolute Gasteiger partial charge is 0.595 e. The molecule has 2 atom stereocenters. The third kappa shape index (κ3) is 3.23. The maximum Gasteiger partial charge on any atom is 0.229 e. The van der Waals surface area contributed by atoms with Gasteiger partial charge in [-0.05, 0) is 30.7 Å². The predicted molar refractivity (Wildman–Crippen MR) is 108 cm³/mol. The molecule has 5 N–H and O–H groups in total. The fourth-order valence-electron chi connectivity index (χ4n) is 3.71. The summed E-state index contributed by atoms with van der Waals surface area (Å²) >= 11 is 0. The number of para-hydroxylation sites is 1. The van der Waals surface area contributed by atoms with Crippen LogP contribution in [-0.2, 0) is 0 Å². The number of hydrogen-bond acceptors (Lipinski definition) is 8. The number of nitriles is 1. The number of ether oxygens (including phenoxy) is 2. The third-order valence-corrected chi connectivity index (χ3v) is 5.11. The number of phenols is 1. The lowest BCUT2D eigenvalue weighted by Crippen LogP contribution is -2.99. The smallest absolute Gasteiger partial charge is 0.229 e. The van der Waals surface area contributed by atoms with Crippen LogP contribution in [-0.4, -0.2) is 27.2 Å². The van der Waals surface area contributed by atoms with Gasteiger partial charge in [0.25, 0.3) is 0 Å². The molecule has 1 aromatic heterocycles. The lowest BCUT2D eigenvalue weighted by atomic mass is 9.83. The van der Waals surface area contributed by atoms with Crippen molar-refractivity contribution in [3.63, 3.8) is 0 Å². The Morgan fingerprint density at radius 1 is 1.32 bits per heavy atom. The second-order valence-electron chi connectivity index (χ2n) is 6.90. The fourth-order valence-corrected chi connectivity index (χ4v) is 3.71. The van der Waals surface area contributed by atoms with Gasteiger partial charge in [-0.15, -0.1) is 0 Å². The number of fused-ring (bicyclic) bond motifs is 1. The topological polar surface area (TPSA) is 154 Å². The molecule has 3 aromatic rings. The normalized spacial score (nSPS) is 16.3. The zero-order chi connectivity index (χ0) is 22.3. The Hall–Kier alpha value is -4.04. The van der Waals surface area contributed by atoms with E-state index in [1.807, 2.05) is 30.3 Å². The van der Waals surface area contributed by atoms with Crippen LogP contribution in [0.25, 0.3) is 5.69 Å². The minimum absolute atomic E-state index is 0.0353. The Morgan fingerprint density at radius 3 is 2.65 bits per heavy atom. The van der Waals surface area contributed by atoms with Gasteiger partial charge in [-0.2, -0.15) is 15.6 Å². The summed E-state index contributed by atoms with van der Waals surface area (Å²) in [6.45, 7) is 1.76. The van der Waals surface area contributed by atoms with Gasteiger partial charge in [-0.25, -0.2) is 9.89 Å². The van der Waals surface area contributed by atoms with Crippen LogP contribution in [0.4, 0.5) is 5.69 Å². The monoisotopic (exact) mass is 421 g/mol. The van der Waals surface area contributed by atoms with Crippen LogP contribution in [0.3, 0.4) is 0 Å².